The number of aryl methyl sites for hydroxylation is 1. The van der Waals surface area contributed by atoms with Crippen LogP contribution in [0.1, 0.15) is 15.9 Å². The second-order valence-electron chi connectivity index (χ2n) is 3.76. The molecule has 0 bridgehead atoms. The van der Waals surface area contributed by atoms with Crippen LogP contribution in [0, 0.1) is 6.92 Å². The van der Waals surface area contributed by atoms with Gasteiger partial charge in [-0.15, -0.1) is 0 Å². The molecule has 0 fully saturated rings. The largest absolute Gasteiger partial charge is 0.366 e. The molecule has 0 atom stereocenters. The summed E-state index contributed by atoms with van der Waals surface area (Å²) < 4.78 is 0. The van der Waals surface area contributed by atoms with E-state index in [1.54, 1.807) is 6.07 Å². The average molecular weight is 214 g/mol. The van der Waals surface area contributed by atoms with Crippen LogP contribution in [-0.2, 0) is 0 Å². The van der Waals surface area contributed by atoms with Gasteiger partial charge in [-0.05, 0) is 24.6 Å². The second kappa shape index (κ2) is 4.23. The van der Waals surface area contributed by atoms with Crippen LogP contribution in [0.25, 0.3) is 0 Å². The molecule has 1 aliphatic rings. The Hall–Kier alpha value is -2.03. The minimum Gasteiger partial charge on any atom is -0.366 e. The first-order valence-electron chi connectivity index (χ1n) is 5.19. The maximum atomic E-state index is 11.4. The molecule has 0 spiro atoms. The first-order valence-corrected chi connectivity index (χ1v) is 5.19. The van der Waals surface area contributed by atoms with E-state index in [0.29, 0.717) is 5.56 Å². The van der Waals surface area contributed by atoms with Gasteiger partial charge in [0, 0.05) is 12.7 Å². The molecule has 1 aromatic rings. The molecule has 0 saturated heterocycles. The van der Waals surface area contributed by atoms with Gasteiger partial charge in [0.25, 0.3) is 5.91 Å². The molecule has 0 radical (unpaired) electrons. The van der Waals surface area contributed by atoms with Crippen molar-refractivity contribution >= 4 is 11.6 Å². The average Bonchev–Trinajstić information content (AvgIpc) is 2.29. The van der Waals surface area contributed by atoms with Crippen molar-refractivity contribution in [1.82, 2.24) is 0 Å². The van der Waals surface area contributed by atoms with Crippen molar-refractivity contribution in [2.24, 2.45) is 5.73 Å². The third kappa shape index (κ3) is 1.84. The Morgan fingerprint density at radius 3 is 2.81 bits per heavy atom. The molecular formula is C13H14N2O. The van der Waals surface area contributed by atoms with E-state index in [4.69, 9.17) is 5.73 Å². The number of carbonyl (C=O) groups excluding carboxylic acids is 1. The summed E-state index contributed by atoms with van der Waals surface area (Å²) in [6, 6.07) is 5.59. The van der Waals surface area contributed by atoms with Crippen LogP contribution in [0.2, 0.25) is 0 Å². The maximum Gasteiger partial charge on any atom is 0.250 e. The van der Waals surface area contributed by atoms with Crippen LogP contribution in [0.3, 0.4) is 0 Å². The smallest absolute Gasteiger partial charge is 0.250 e. The maximum absolute atomic E-state index is 11.4. The SMILES string of the molecule is Cc1cccc(C(N)=O)c1N1C=CC=CC1. The Morgan fingerprint density at radius 1 is 1.38 bits per heavy atom. The Labute approximate surface area is 94.9 Å². The molecule has 2 rings (SSSR count). The summed E-state index contributed by atoms with van der Waals surface area (Å²) in [5, 5.41) is 0. The van der Waals surface area contributed by atoms with E-state index in [2.05, 4.69) is 0 Å². The fraction of sp³-hybridized carbons (Fsp3) is 0.154. The molecule has 0 saturated carbocycles. The molecule has 3 heteroatoms. The predicted molar refractivity (Wildman–Crippen MR) is 65.3 cm³/mol. The summed E-state index contributed by atoms with van der Waals surface area (Å²) in [6.07, 6.45) is 7.92. The first-order chi connectivity index (χ1) is 7.70. The number of nitrogens with zero attached hydrogens (tertiary/aromatic N) is 1. The monoisotopic (exact) mass is 214 g/mol. The number of allylic oxidation sites excluding steroid dienone is 2. The van der Waals surface area contributed by atoms with Crippen molar-refractivity contribution < 1.29 is 4.79 Å². The Bertz CT molecular complexity index is 475. The number of primary amides is 1. The molecule has 1 heterocycles. The number of rotatable bonds is 2. The molecule has 0 unspecified atom stereocenters. The third-order valence-electron chi connectivity index (χ3n) is 2.61. The van der Waals surface area contributed by atoms with Crippen molar-refractivity contribution in [3.63, 3.8) is 0 Å². The topological polar surface area (TPSA) is 46.3 Å². The molecule has 3 nitrogen and oxygen atoms in total. The minimum absolute atomic E-state index is 0.387. The summed E-state index contributed by atoms with van der Waals surface area (Å²) in [5.41, 5.74) is 7.90. The zero-order valence-corrected chi connectivity index (χ0v) is 9.18. The quantitative estimate of drug-likeness (QED) is 0.818. The fourth-order valence-corrected chi connectivity index (χ4v) is 1.87. The molecule has 2 N–H and O–H groups in total. The molecular weight excluding hydrogens is 200 g/mol. The highest BCUT2D eigenvalue weighted by Crippen LogP contribution is 2.26. The van der Waals surface area contributed by atoms with Gasteiger partial charge in [-0.25, -0.2) is 0 Å². The normalized spacial score (nSPS) is 14.2. The molecule has 1 amide bonds. The zero-order valence-electron chi connectivity index (χ0n) is 9.18. The number of amides is 1. The number of hydrogen-bond donors (Lipinski definition) is 1. The summed E-state index contributed by atoms with van der Waals surface area (Å²) in [7, 11) is 0. The van der Waals surface area contributed by atoms with Crippen LogP contribution >= 0.6 is 0 Å². The molecule has 82 valence electrons. The lowest BCUT2D eigenvalue weighted by Crippen LogP contribution is -2.23. The Balaban J connectivity index is 2.49. The van der Waals surface area contributed by atoms with Gasteiger partial charge in [0.1, 0.15) is 0 Å². The van der Waals surface area contributed by atoms with Crippen molar-refractivity contribution in [1.29, 1.82) is 0 Å². The van der Waals surface area contributed by atoms with E-state index < -0.39 is 0 Å². The van der Waals surface area contributed by atoms with Crippen LogP contribution in [-0.4, -0.2) is 12.5 Å². The summed E-state index contributed by atoms with van der Waals surface area (Å²) in [5.74, 6) is -0.387. The lowest BCUT2D eigenvalue weighted by molar-refractivity contribution is 0.100. The summed E-state index contributed by atoms with van der Waals surface area (Å²) in [6.45, 7) is 2.75. The highest BCUT2D eigenvalue weighted by molar-refractivity contribution is 5.99. The molecule has 0 aliphatic carbocycles. The van der Waals surface area contributed by atoms with E-state index in [9.17, 15) is 4.79 Å². The number of nitrogens with two attached hydrogens (primary N) is 1. The van der Waals surface area contributed by atoms with Crippen molar-refractivity contribution in [3.8, 4) is 0 Å². The van der Waals surface area contributed by atoms with Gasteiger partial charge >= 0.3 is 0 Å². The van der Waals surface area contributed by atoms with Gasteiger partial charge in [-0.3, -0.25) is 4.79 Å². The van der Waals surface area contributed by atoms with E-state index in [-0.39, 0.29) is 5.91 Å². The zero-order chi connectivity index (χ0) is 11.5. The van der Waals surface area contributed by atoms with Crippen LogP contribution in [0.5, 0.6) is 0 Å². The van der Waals surface area contributed by atoms with Crippen molar-refractivity contribution in [2.75, 3.05) is 11.4 Å². The molecule has 16 heavy (non-hydrogen) atoms. The standard InChI is InChI=1S/C13H14N2O/c1-10-6-5-7-11(13(14)16)12(10)15-8-3-2-4-9-15/h2-8H,9H2,1H3,(H2,14,16). The number of anilines is 1. The van der Waals surface area contributed by atoms with Crippen LogP contribution in [0.4, 0.5) is 5.69 Å². The fourth-order valence-electron chi connectivity index (χ4n) is 1.87. The van der Waals surface area contributed by atoms with Crippen molar-refractivity contribution in [2.45, 2.75) is 6.92 Å². The summed E-state index contributed by atoms with van der Waals surface area (Å²) >= 11 is 0. The van der Waals surface area contributed by atoms with Crippen LogP contribution in [0.15, 0.2) is 42.6 Å². The highest BCUT2D eigenvalue weighted by Gasteiger charge is 2.15. The number of benzene rings is 1. The Kier molecular flexibility index (Phi) is 2.77. The van der Waals surface area contributed by atoms with Gasteiger partial charge in [0.2, 0.25) is 0 Å². The minimum atomic E-state index is -0.387. The number of carbonyl (C=O) groups is 1. The first kappa shape index (κ1) is 10.5. The van der Waals surface area contributed by atoms with E-state index >= 15 is 0 Å². The van der Waals surface area contributed by atoms with Gasteiger partial charge in [0.05, 0.1) is 11.3 Å². The Morgan fingerprint density at radius 2 is 2.19 bits per heavy atom. The van der Waals surface area contributed by atoms with E-state index in [1.807, 2.05) is 48.4 Å². The number of para-hydroxylation sites is 1. The van der Waals surface area contributed by atoms with E-state index in [0.717, 1.165) is 17.8 Å². The van der Waals surface area contributed by atoms with Crippen molar-refractivity contribution in [3.05, 3.63) is 53.8 Å². The number of hydrogen-bond acceptors (Lipinski definition) is 2. The highest BCUT2D eigenvalue weighted by atomic mass is 16.1. The van der Waals surface area contributed by atoms with Gasteiger partial charge in [-0.2, -0.15) is 0 Å². The van der Waals surface area contributed by atoms with Gasteiger partial charge in [-0.1, -0.05) is 24.3 Å². The predicted octanol–water partition coefficient (Wildman–Crippen LogP) is 1.98. The van der Waals surface area contributed by atoms with E-state index in [1.165, 1.54) is 0 Å². The second-order valence-corrected chi connectivity index (χ2v) is 3.76. The van der Waals surface area contributed by atoms with Crippen LogP contribution < -0.4 is 10.6 Å². The summed E-state index contributed by atoms with van der Waals surface area (Å²) in [4.78, 5) is 13.4. The third-order valence-corrected chi connectivity index (χ3v) is 2.61. The lowest BCUT2D eigenvalue weighted by atomic mass is 10.1. The van der Waals surface area contributed by atoms with Gasteiger partial charge < -0.3 is 10.6 Å². The van der Waals surface area contributed by atoms with Gasteiger partial charge in [0.15, 0.2) is 0 Å². The molecule has 1 aromatic carbocycles. The lowest BCUT2D eigenvalue weighted by Gasteiger charge is -2.24. The molecule has 1 aliphatic heterocycles. The molecule has 0 aromatic heterocycles.